The van der Waals surface area contributed by atoms with Crippen LogP contribution in [-0.4, -0.2) is 42.5 Å². The molecule has 0 spiro atoms. The molecular weight excluding hydrogens is 476 g/mol. The van der Waals surface area contributed by atoms with Gasteiger partial charge in [0, 0.05) is 24.0 Å². The van der Waals surface area contributed by atoms with Crippen molar-refractivity contribution in [3.8, 4) is 11.5 Å². The van der Waals surface area contributed by atoms with E-state index in [2.05, 4.69) is 5.32 Å². The summed E-state index contributed by atoms with van der Waals surface area (Å²) in [6, 6.07) is 23.3. The molecule has 0 unspecified atom stereocenters. The maximum absolute atomic E-state index is 13.6. The standard InChI is InChI=1S/C29H33ClN2O4/c1-4-21(2)31-29(34)27(18-22-9-6-5-7-10-22)32(19-23-11-8-12-26(17-23)35-3)28(33)20-36-25-15-13-24(30)14-16-25/h5-17,21,27H,4,18-20H2,1-3H3,(H,31,34)/t21-,27+/m0/s1. The number of hydrogen-bond acceptors (Lipinski definition) is 4. The van der Waals surface area contributed by atoms with Crippen molar-refractivity contribution in [1.29, 1.82) is 0 Å². The van der Waals surface area contributed by atoms with Crippen molar-refractivity contribution in [3.63, 3.8) is 0 Å². The minimum Gasteiger partial charge on any atom is -0.497 e. The highest BCUT2D eigenvalue weighted by Gasteiger charge is 2.31. The molecule has 190 valence electrons. The van der Waals surface area contributed by atoms with Crippen LogP contribution in [0.1, 0.15) is 31.4 Å². The smallest absolute Gasteiger partial charge is 0.261 e. The van der Waals surface area contributed by atoms with E-state index in [1.807, 2.05) is 68.4 Å². The molecule has 0 heterocycles. The predicted molar refractivity (Wildman–Crippen MR) is 142 cm³/mol. The lowest BCUT2D eigenvalue weighted by molar-refractivity contribution is -0.143. The van der Waals surface area contributed by atoms with Crippen molar-refractivity contribution in [2.24, 2.45) is 0 Å². The molecule has 2 amide bonds. The fourth-order valence-electron chi connectivity index (χ4n) is 3.72. The van der Waals surface area contributed by atoms with Gasteiger partial charge in [-0.25, -0.2) is 0 Å². The molecule has 7 heteroatoms. The molecule has 3 aromatic carbocycles. The number of amides is 2. The molecule has 0 bridgehead atoms. The van der Waals surface area contributed by atoms with Crippen LogP contribution in [-0.2, 0) is 22.6 Å². The molecule has 6 nitrogen and oxygen atoms in total. The van der Waals surface area contributed by atoms with Crippen molar-refractivity contribution in [2.75, 3.05) is 13.7 Å². The fourth-order valence-corrected chi connectivity index (χ4v) is 3.85. The molecule has 0 fully saturated rings. The Balaban J connectivity index is 1.92. The van der Waals surface area contributed by atoms with E-state index in [4.69, 9.17) is 21.1 Å². The van der Waals surface area contributed by atoms with Gasteiger partial charge in [0.2, 0.25) is 5.91 Å². The second-order valence-electron chi connectivity index (χ2n) is 8.64. The van der Waals surface area contributed by atoms with Crippen LogP contribution in [0.15, 0.2) is 78.9 Å². The molecule has 0 aromatic heterocycles. The predicted octanol–water partition coefficient (Wildman–Crippen LogP) is 5.28. The van der Waals surface area contributed by atoms with E-state index in [0.717, 1.165) is 17.5 Å². The van der Waals surface area contributed by atoms with Gasteiger partial charge in [-0.3, -0.25) is 9.59 Å². The number of rotatable bonds is 12. The summed E-state index contributed by atoms with van der Waals surface area (Å²) in [7, 11) is 1.60. The second kappa shape index (κ2) is 13.5. The van der Waals surface area contributed by atoms with Gasteiger partial charge in [0.05, 0.1) is 7.11 Å². The first-order valence-electron chi connectivity index (χ1n) is 12.0. The first kappa shape index (κ1) is 27.1. The van der Waals surface area contributed by atoms with E-state index < -0.39 is 6.04 Å². The number of nitrogens with zero attached hydrogens (tertiary/aromatic N) is 1. The number of hydrogen-bond donors (Lipinski definition) is 1. The first-order chi connectivity index (χ1) is 17.4. The highest BCUT2D eigenvalue weighted by Crippen LogP contribution is 2.20. The monoisotopic (exact) mass is 508 g/mol. The van der Waals surface area contributed by atoms with Crippen LogP contribution in [0, 0.1) is 0 Å². The number of methoxy groups -OCH3 is 1. The van der Waals surface area contributed by atoms with Gasteiger partial charge in [-0.05, 0) is 60.9 Å². The summed E-state index contributed by atoms with van der Waals surface area (Å²) >= 11 is 5.96. The van der Waals surface area contributed by atoms with Gasteiger partial charge in [-0.1, -0.05) is 61.0 Å². The van der Waals surface area contributed by atoms with Gasteiger partial charge < -0.3 is 19.7 Å². The third-order valence-corrected chi connectivity index (χ3v) is 6.19. The minimum absolute atomic E-state index is 0.0186. The van der Waals surface area contributed by atoms with E-state index in [0.29, 0.717) is 22.9 Å². The lowest BCUT2D eigenvalue weighted by Gasteiger charge is -2.32. The van der Waals surface area contributed by atoms with Gasteiger partial charge >= 0.3 is 0 Å². The average Bonchev–Trinajstić information content (AvgIpc) is 2.90. The quantitative estimate of drug-likeness (QED) is 0.361. The molecule has 36 heavy (non-hydrogen) atoms. The van der Waals surface area contributed by atoms with Crippen molar-refractivity contribution in [1.82, 2.24) is 10.2 Å². The Labute approximate surface area is 218 Å². The minimum atomic E-state index is -0.728. The third kappa shape index (κ3) is 8.02. The van der Waals surface area contributed by atoms with Crippen LogP contribution < -0.4 is 14.8 Å². The van der Waals surface area contributed by atoms with Gasteiger partial charge in [-0.2, -0.15) is 0 Å². The Morgan fingerprint density at radius 2 is 1.64 bits per heavy atom. The zero-order chi connectivity index (χ0) is 25.9. The zero-order valence-electron chi connectivity index (χ0n) is 20.9. The molecule has 0 aliphatic rings. The average molecular weight is 509 g/mol. The summed E-state index contributed by atoms with van der Waals surface area (Å²) in [6.07, 6.45) is 1.16. The van der Waals surface area contributed by atoms with E-state index in [-0.39, 0.29) is 31.0 Å². The Bertz CT molecular complexity index is 1120. The molecular formula is C29H33ClN2O4. The molecule has 2 atom stereocenters. The van der Waals surface area contributed by atoms with Crippen LogP contribution in [0.4, 0.5) is 0 Å². The van der Waals surface area contributed by atoms with Gasteiger partial charge in [0.1, 0.15) is 17.5 Å². The SMILES string of the molecule is CC[C@H](C)NC(=O)[C@@H](Cc1ccccc1)N(Cc1cccc(OC)c1)C(=O)COc1ccc(Cl)cc1. The molecule has 0 aliphatic carbocycles. The van der Waals surface area contributed by atoms with E-state index in [1.165, 1.54) is 0 Å². The molecule has 0 saturated heterocycles. The molecule has 0 aliphatic heterocycles. The molecule has 1 N–H and O–H groups in total. The zero-order valence-corrected chi connectivity index (χ0v) is 21.7. The summed E-state index contributed by atoms with van der Waals surface area (Å²) in [4.78, 5) is 28.7. The molecule has 3 rings (SSSR count). The third-order valence-electron chi connectivity index (χ3n) is 5.94. The van der Waals surface area contributed by atoms with E-state index in [1.54, 1.807) is 36.3 Å². The van der Waals surface area contributed by atoms with Crippen LogP contribution >= 0.6 is 11.6 Å². The van der Waals surface area contributed by atoms with Crippen molar-refractivity contribution < 1.29 is 19.1 Å². The van der Waals surface area contributed by atoms with Crippen molar-refractivity contribution >= 4 is 23.4 Å². The first-order valence-corrected chi connectivity index (χ1v) is 12.4. The maximum atomic E-state index is 13.6. The van der Waals surface area contributed by atoms with Gasteiger partial charge in [0.25, 0.3) is 5.91 Å². The second-order valence-corrected chi connectivity index (χ2v) is 9.08. The van der Waals surface area contributed by atoms with Gasteiger partial charge in [0.15, 0.2) is 6.61 Å². The highest BCUT2D eigenvalue weighted by molar-refractivity contribution is 6.30. The number of halogens is 1. The summed E-state index contributed by atoms with van der Waals surface area (Å²) < 4.78 is 11.1. The number of carbonyl (C=O) groups is 2. The lowest BCUT2D eigenvalue weighted by Crippen LogP contribution is -2.53. The normalized spacial score (nSPS) is 12.3. The van der Waals surface area contributed by atoms with Crippen molar-refractivity contribution in [3.05, 3.63) is 95.0 Å². The van der Waals surface area contributed by atoms with E-state index in [9.17, 15) is 9.59 Å². The Kier molecular flexibility index (Phi) is 10.2. The van der Waals surface area contributed by atoms with Crippen LogP contribution in [0.2, 0.25) is 5.02 Å². The number of nitrogens with one attached hydrogen (secondary N) is 1. The van der Waals surface area contributed by atoms with Crippen molar-refractivity contribution in [2.45, 2.75) is 45.3 Å². The van der Waals surface area contributed by atoms with Crippen LogP contribution in [0.3, 0.4) is 0 Å². The lowest BCUT2D eigenvalue weighted by atomic mass is 10.0. The fraction of sp³-hybridized carbons (Fsp3) is 0.310. The molecule has 0 radical (unpaired) electrons. The topological polar surface area (TPSA) is 67.9 Å². The Hall–Kier alpha value is -3.51. The van der Waals surface area contributed by atoms with Crippen LogP contribution in [0.25, 0.3) is 0 Å². The summed E-state index contributed by atoms with van der Waals surface area (Å²) in [5, 5.41) is 3.64. The summed E-state index contributed by atoms with van der Waals surface area (Å²) in [5.41, 5.74) is 1.81. The number of carbonyl (C=O) groups excluding carboxylic acids is 2. The number of benzene rings is 3. The Morgan fingerprint density at radius 3 is 2.31 bits per heavy atom. The highest BCUT2D eigenvalue weighted by atomic mass is 35.5. The molecule has 0 saturated carbocycles. The molecule has 3 aromatic rings. The largest absolute Gasteiger partial charge is 0.497 e. The number of ether oxygens (including phenoxy) is 2. The summed E-state index contributed by atoms with van der Waals surface area (Å²) in [6.45, 7) is 3.98. The Morgan fingerprint density at radius 1 is 0.944 bits per heavy atom. The summed E-state index contributed by atoms with van der Waals surface area (Å²) in [5.74, 6) is 0.711. The van der Waals surface area contributed by atoms with Gasteiger partial charge in [-0.15, -0.1) is 0 Å². The van der Waals surface area contributed by atoms with E-state index >= 15 is 0 Å². The maximum Gasteiger partial charge on any atom is 0.261 e. The van der Waals surface area contributed by atoms with Crippen LogP contribution in [0.5, 0.6) is 11.5 Å².